The maximum absolute atomic E-state index is 11.7. The van der Waals surface area contributed by atoms with Gasteiger partial charge in [-0.1, -0.05) is 0 Å². The standard InChI is InChI=1S/C12H14N2O/c1-4-5-9(2)14-12(15)11-6-7-13-10(3)8-11/h1,6-9H,5H2,2-3H3,(H,14,15). The van der Waals surface area contributed by atoms with E-state index in [1.54, 1.807) is 18.3 Å². The van der Waals surface area contributed by atoms with Crippen molar-refractivity contribution >= 4 is 5.91 Å². The SMILES string of the molecule is C#CCC(C)NC(=O)c1ccnc(C)c1. The molecule has 1 heterocycles. The zero-order chi connectivity index (χ0) is 11.3. The Morgan fingerprint density at radius 1 is 1.73 bits per heavy atom. The van der Waals surface area contributed by atoms with Crippen LogP contribution in [0.1, 0.15) is 29.4 Å². The number of nitrogens with one attached hydrogen (secondary N) is 1. The van der Waals surface area contributed by atoms with Gasteiger partial charge in [-0.3, -0.25) is 9.78 Å². The molecule has 3 heteroatoms. The van der Waals surface area contributed by atoms with Crippen molar-refractivity contribution in [3.63, 3.8) is 0 Å². The third-order valence-electron chi connectivity index (χ3n) is 1.96. The van der Waals surface area contributed by atoms with Crippen molar-refractivity contribution in [2.24, 2.45) is 0 Å². The van der Waals surface area contributed by atoms with Crippen LogP contribution in [0.25, 0.3) is 0 Å². The number of terminal acetylenes is 1. The van der Waals surface area contributed by atoms with E-state index < -0.39 is 0 Å². The summed E-state index contributed by atoms with van der Waals surface area (Å²) < 4.78 is 0. The quantitative estimate of drug-likeness (QED) is 0.755. The Balaban J connectivity index is 2.66. The molecule has 1 amide bonds. The topological polar surface area (TPSA) is 42.0 Å². The van der Waals surface area contributed by atoms with Gasteiger partial charge >= 0.3 is 0 Å². The summed E-state index contributed by atoms with van der Waals surface area (Å²) in [6, 6.07) is 3.43. The van der Waals surface area contributed by atoms with Gasteiger partial charge in [-0.2, -0.15) is 0 Å². The van der Waals surface area contributed by atoms with Gasteiger partial charge in [0, 0.05) is 29.9 Å². The summed E-state index contributed by atoms with van der Waals surface area (Å²) in [5.74, 6) is 2.40. The molecule has 1 atom stereocenters. The smallest absolute Gasteiger partial charge is 0.251 e. The number of nitrogens with zero attached hydrogens (tertiary/aromatic N) is 1. The monoisotopic (exact) mass is 202 g/mol. The van der Waals surface area contributed by atoms with Crippen molar-refractivity contribution in [2.75, 3.05) is 0 Å². The number of aromatic nitrogens is 1. The molecule has 1 N–H and O–H groups in total. The lowest BCUT2D eigenvalue weighted by molar-refractivity contribution is 0.0940. The van der Waals surface area contributed by atoms with Gasteiger partial charge in [0.2, 0.25) is 0 Å². The van der Waals surface area contributed by atoms with Gasteiger partial charge in [0.1, 0.15) is 0 Å². The Kier molecular flexibility index (Phi) is 3.87. The molecule has 0 aliphatic carbocycles. The lowest BCUT2D eigenvalue weighted by Gasteiger charge is -2.10. The van der Waals surface area contributed by atoms with Crippen LogP contribution in [0, 0.1) is 19.3 Å². The third kappa shape index (κ3) is 3.43. The van der Waals surface area contributed by atoms with Gasteiger partial charge in [0.15, 0.2) is 0 Å². The van der Waals surface area contributed by atoms with Gasteiger partial charge in [-0.25, -0.2) is 0 Å². The Morgan fingerprint density at radius 2 is 2.47 bits per heavy atom. The Morgan fingerprint density at radius 3 is 3.07 bits per heavy atom. The first-order valence-corrected chi connectivity index (χ1v) is 4.80. The fourth-order valence-corrected chi connectivity index (χ4v) is 1.22. The van der Waals surface area contributed by atoms with E-state index in [-0.39, 0.29) is 11.9 Å². The predicted molar refractivity (Wildman–Crippen MR) is 59.4 cm³/mol. The molecule has 0 spiro atoms. The first-order chi connectivity index (χ1) is 7.13. The molecule has 1 aromatic heterocycles. The van der Waals surface area contributed by atoms with E-state index in [2.05, 4.69) is 16.2 Å². The van der Waals surface area contributed by atoms with Crippen molar-refractivity contribution in [1.29, 1.82) is 0 Å². The molecule has 0 fully saturated rings. The normalized spacial score (nSPS) is 11.5. The summed E-state index contributed by atoms with van der Waals surface area (Å²) in [5, 5.41) is 2.82. The second kappa shape index (κ2) is 5.16. The lowest BCUT2D eigenvalue weighted by atomic mass is 10.2. The summed E-state index contributed by atoms with van der Waals surface area (Å²) in [6.07, 6.45) is 7.32. The van der Waals surface area contributed by atoms with Crippen LogP contribution in [0.2, 0.25) is 0 Å². The van der Waals surface area contributed by atoms with Gasteiger partial charge in [-0.15, -0.1) is 12.3 Å². The number of rotatable bonds is 3. The molecule has 1 unspecified atom stereocenters. The summed E-state index contributed by atoms with van der Waals surface area (Å²) in [5.41, 5.74) is 1.44. The molecular weight excluding hydrogens is 188 g/mol. The van der Waals surface area contributed by atoms with Crippen molar-refractivity contribution in [1.82, 2.24) is 10.3 Å². The fraction of sp³-hybridized carbons (Fsp3) is 0.333. The van der Waals surface area contributed by atoms with Crippen molar-refractivity contribution < 1.29 is 4.79 Å². The molecular formula is C12H14N2O. The molecule has 15 heavy (non-hydrogen) atoms. The first-order valence-electron chi connectivity index (χ1n) is 4.80. The average Bonchev–Trinajstić information content (AvgIpc) is 2.18. The molecule has 0 aliphatic rings. The van der Waals surface area contributed by atoms with E-state index in [1.165, 1.54) is 0 Å². The van der Waals surface area contributed by atoms with Gasteiger partial charge in [0.25, 0.3) is 5.91 Å². The third-order valence-corrected chi connectivity index (χ3v) is 1.96. The Bertz CT molecular complexity index is 393. The summed E-state index contributed by atoms with van der Waals surface area (Å²) in [7, 11) is 0. The highest BCUT2D eigenvalue weighted by molar-refractivity contribution is 5.94. The summed E-state index contributed by atoms with van der Waals surface area (Å²) in [6.45, 7) is 3.73. The molecule has 0 saturated carbocycles. The van der Waals surface area contributed by atoms with Crippen LogP contribution >= 0.6 is 0 Å². The maximum Gasteiger partial charge on any atom is 0.251 e. The largest absolute Gasteiger partial charge is 0.349 e. The van der Waals surface area contributed by atoms with E-state index in [9.17, 15) is 4.79 Å². The highest BCUT2D eigenvalue weighted by Gasteiger charge is 2.08. The zero-order valence-electron chi connectivity index (χ0n) is 8.95. The lowest BCUT2D eigenvalue weighted by Crippen LogP contribution is -2.32. The minimum atomic E-state index is -0.108. The van der Waals surface area contributed by atoms with E-state index in [0.29, 0.717) is 12.0 Å². The maximum atomic E-state index is 11.7. The minimum absolute atomic E-state index is 0.00373. The fourth-order valence-electron chi connectivity index (χ4n) is 1.22. The molecule has 78 valence electrons. The van der Waals surface area contributed by atoms with E-state index in [4.69, 9.17) is 6.42 Å². The predicted octanol–water partition coefficient (Wildman–Crippen LogP) is 1.53. The van der Waals surface area contributed by atoms with Crippen LogP contribution in [-0.2, 0) is 0 Å². The number of hydrogen-bond acceptors (Lipinski definition) is 2. The summed E-state index contributed by atoms with van der Waals surface area (Å²) >= 11 is 0. The molecule has 0 aromatic carbocycles. The molecule has 0 radical (unpaired) electrons. The van der Waals surface area contributed by atoms with Crippen LogP contribution in [0.4, 0.5) is 0 Å². The minimum Gasteiger partial charge on any atom is -0.349 e. The number of aryl methyl sites for hydroxylation is 1. The van der Waals surface area contributed by atoms with Crippen molar-refractivity contribution in [3.8, 4) is 12.3 Å². The van der Waals surface area contributed by atoms with E-state index >= 15 is 0 Å². The number of pyridine rings is 1. The van der Waals surface area contributed by atoms with Crippen LogP contribution in [-0.4, -0.2) is 16.9 Å². The average molecular weight is 202 g/mol. The molecule has 0 bridgehead atoms. The second-order valence-corrected chi connectivity index (χ2v) is 3.47. The summed E-state index contributed by atoms with van der Waals surface area (Å²) in [4.78, 5) is 15.7. The number of hydrogen-bond donors (Lipinski definition) is 1. The molecule has 0 saturated heterocycles. The highest BCUT2D eigenvalue weighted by atomic mass is 16.1. The van der Waals surface area contributed by atoms with Crippen molar-refractivity contribution in [3.05, 3.63) is 29.6 Å². The molecule has 3 nitrogen and oxygen atoms in total. The number of carbonyl (C=O) groups excluding carboxylic acids is 1. The van der Waals surface area contributed by atoms with Crippen LogP contribution in [0.3, 0.4) is 0 Å². The Labute approximate surface area is 89.9 Å². The van der Waals surface area contributed by atoms with Crippen LogP contribution in [0.5, 0.6) is 0 Å². The molecule has 1 aromatic rings. The van der Waals surface area contributed by atoms with Crippen LogP contribution in [0.15, 0.2) is 18.3 Å². The van der Waals surface area contributed by atoms with Gasteiger partial charge in [-0.05, 0) is 26.0 Å². The Hall–Kier alpha value is -1.82. The van der Waals surface area contributed by atoms with E-state index in [0.717, 1.165) is 5.69 Å². The number of carbonyl (C=O) groups is 1. The second-order valence-electron chi connectivity index (χ2n) is 3.47. The zero-order valence-corrected chi connectivity index (χ0v) is 8.95. The highest BCUT2D eigenvalue weighted by Crippen LogP contribution is 2.01. The molecule has 0 aliphatic heterocycles. The van der Waals surface area contributed by atoms with Crippen LogP contribution < -0.4 is 5.32 Å². The van der Waals surface area contributed by atoms with Gasteiger partial charge < -0.3 is 5.32 Å². The number of amides is 1. The first kappa shape index (κ1) is 11.3. The van der Waals surface area contributed by atoms with E-state index in [1.807, 2.05) is 13.8 Å². The van der Waals surface area contributed by atoms with Crippen molar-refractivity contribution in [2.45, 2.75) is 26.3 Å². The molecule has 1 rings (SSSR count). The van der Waals surface area contributed by atoms with Gasteiger partial charge in [0.05, 0.1) is 0 Å².